The normalized spacial score (nSPS) is 11.2. The number of ether oxygens (including phenoxy) is 1. The zero-order chi connectivity index (χ0) is 27.8. The number of ketones is 1. The number of thioether (sulfide) groups is 1. The van der Waals surface area contributed by atoms with E-state index in [1.165, 1.54) is 10.6 Å². The van der Waals surface area contributed by atoms with Crippen LogP contribution in [0.4, 0.5) is 0 Å². The van der Waals surface area contributed by atoms with E-state index in [0.717, 1.165) is 23.1 Å². The molecule has 0 aliphatic heterocycles. The third kappa shape index (κ3) is 4.57. The number of aromatic nitrogens is 3. The zero-order valence-corrected chi connectivity index (χ0v) is 23.3. The summed E-state index contributed by atoms with van der Waals surface area (Å²) in [7, 11) is 1.56. The van der Waals surface area contributed by atoms with Gasteiger partial charge in [0.05, 0.1) is 24.2 Å². The maximum absolute atomic E-state index is 13.9. The van der Waals surface area contributed by atoms with Gasteiger partial charge in [-0.25, -0.2) is 9.78 Å². The minimum Gasteiger partial charge on any atom is -0.495 e. The first-order valence-corrected chi connectivity index (χ1v) is 14.2. The number of para-hydroxylation sites is 4. The molecule has 6 rings (SSSR count). The summed E-state index contributed by atoms with van der Waals surface area (Å²) in [6, 6.07) is 24.9. The number of methoxy groups -OCH3 is 1. The van der Waals surface area contributed by atoms with Crippen LogP contribution in [0.3, 0.4) is 0 Å². The molecule has 0 aliphatic carbocycles. The molecule has 0 unspecified atom stereocenters. The van der Waals surface area contributed by atoms with Gasteiger partial charge in [-0.15, -0.1) is 0 Å². The molecule has 0 aliphatic rings. The van der Waals surface area contributed by atoms with Crippen LogP contribution in [0.5, 0.6) is 5.75 Å². The number of carbonyl (C=O) groups excluding carboxylic acids is 1. The lowest BCUT2D eigenvalue weighted by Crippen LogP contribution is -2.22. The molecule has 0 fully saturated rings. The van der Waals surface area contributed by atoms with Crippen LogP contribution < -0.4 is 15.9 Å². The molecule has 0 saturated heterocycles. The first-order chi connectivity index (χ1) is 19.5. The van der Waals surface area contributed by atoms with Crippen molar-refractivity contribution in [3.63, 3.8) is 0 Å². The number of rotatable bonds is 7. The summed E-state index contributed by atoms with van der Waals surface area (Å²) in [5.74, 6) is -0.0157. The maximum atomic E-state index is 13.9. The number of hydrogen-bond donors (Lipinski definition) is 0. The van der Waals surface area contributed by atoms with E-state index in [2.05, 4.69) is 0 Å². The van der Waals surface area contributed by atoms with Crippen LogP contribution in [0.15, 0.2) is 104 Å². The van der Waals surface area contributed by atoms with Crippen LogP contribution in [0, 0.1) is 3.95 Å². The van der Waals surface area contributed by atoms with Crippen molar-refractivity contribution >= 4 is 62.4 Å². The van der Waals surface area contributed by atoms with Gasteiger partial charge in [-0.05, 0) is 48.6 Å². The van der Waals surface area contributed by atoms with Crippen molar-refractivity contribution in [2.45, 2.75) is 5.16 Å². The van der Waals surface area contributed by atoms with Gasteiger partial charge in [0.15, 0.2) is 20.5 Å². The van der Waals surface area contributed by atoms with Gasteiger partial charge in [-0.2, -0.15) is 0 Å². The van der Waals surface area contributed by atoms with E-state index in [4.69, 9.17) is 26.4 Å². The van der Waals surface area contributed by atoms with Crippen molar-refractivity contribution in [3.05, 3.63) is 115 Å². The molecule has 40 heavy (non-hydrogen) atoms. The quantitative estimate of drug-likeness (QED) is 0.0734. The number of carbonyl (C=O) groups is 1. The Labute approximate surface area is 240 Å². The molecule has 11 heteroatoms. The zero-order valence-electron chi connectivity index (χ0n) is 20.9. The Morgan fingerprint density at radius 3 is 2.52 bits per heavy atom. The van der Waals surface area contributed by atoms with E-state index < -0.39 is 11.4 Å². The molecule has 3 aromatic heterocycles. The Balaban J connectivity index is 1.49. The van der Waals surface area contributed by atoms with Crippen LogP contribution in [-0.2, 0) is 0 Å². The largest absolute Gasteiger partial charge is 0.495 e. The number of nitrogens with zero attached hydrogens (tertiary/aromatic N) is 3. The van der Waals surface area contributed by atoms with Crippen LogP contribution in [-0.4, -0.2) is 32.8 Å². The Bertz CT molecular complexity index is 2090. The van der Waals surface area contributed by atoms with Gasteiger partial charge in [0.25, 0.3) is 5.56 Å². The van der Waals surface area contributed by atoms with Gasteiger partial charge in [0.1, 0.15) is 21.6 Å². The Morgan fingerprint density at radius 1 is 1.00 bits per heavy atom. The Morgan fingerprint density at radius 2 is 1.73 bits per heavy atom. The average Bonchev–Trinajstić information content (AvgIpc) is 3.31. The first kappa shape index (κ1) is 25.9. The summed E-state index contributed by atoms with van der Waals surface area (Å²) in [4.78, 5) is 44.5. The highest BCUT2D eigenvalue weighted by atomic mass is 32.2. The van der Waals surface area contributed by atoms with Crippen LogP contribution in [0.2, 0.25) is 0 Å². The van der Waals surface area contributed by atoms with Crippen molar-refractivity contribution in [2.75, 3.05) is 12.9 Å². The smallest absolute Gasteiger partial charge is 0.347 e. The van der Waals surface area contributed by atoms with E-state index in [1.54, 1.807) is 54.1 Å². The molecule has 8 nitrogen and oxygen atoms in total. The second-order valence-electron chi connectivity index (χ2n) is 8.60. The highest BCUT2D eigenvalue weighted by Crippen LogP contribution is 2.31. The first-order valence-electron chi connectivity index (χ1n) is 12.0. The van der Waals surface area contributed by atoms with E-state index in [-0.39, 0.29) is 22.0 Å². The lowest BCUT2D eigenvalue weighted by atomic mass is 10.1. The number of Topliss-reactive ketones (excluding diaryl/α,β-unsaturated/α-hetero) is 1. The third-order valence-corrected chi connectivity index (χ3v) is 8.48. The number of fused-ring (bicyclic) bond motifs is 2. The van der Waals surface area contributed by atoms with Gasteiger partial charge in [0, 0.05) is 5.39 Å². The molecule has 0 atom stereocenters. The van der Waals surface area contributed by atoms with E-state index in [1.807, 2.05) is 36.4 Å². The Kier molecular flexibility index (Phi) is 6.93. The third-order valence-electron chi connectivity index (χ3n) is 6.19. The summed E-state index contributed by atoms with van der Waals surface area (Å²) in [6.45, 7) is 0. The number of thiazole rings is 1. The lowest BCUT2D eigenvalue weighted by molar-refractivity contribution is 0.101. The molecular weight excluding hydrogens is 567 g/mol. The lowest BCUT2D eigenvalue weighted by Gasteiger charge is -2.13. The summed E-state index contributed by atoms with van der Waals surface area (Å²) in [6.07, 6.45) is 0. The van der Waals surface area contributed by atoms with Gasteiger partial charge in [0.2, 0.25) is 0 Å². The van der Waals surface area contributed by atoms with Crippen LogP contribution in [0.1, 0.15) is 10.4 Å². The standard InChI is InChI=1S/C29H19N3O5S3/c1-36-23-14-8-6-12-20(23)32-25-24(40-29(32)38)26(34)31(18-10-3-2-4-11-18)28(30-25)39-16-21(33)19-15-17-9-5-7-13-22(17)37-27(19)35/h2-15H,16H2,1H3. The van der Waals surface area contributed by atoms with Crippen LogP contribution in [0.25, 0.3) is 32.7 Å². The molecule has 0 spiro atoms. The van der Waals surface area contributed by atoms with Gasteiger partial charge < -0.3 is 9.15 Å². The van der Waals surface area contributed by atoms with Crippen molar-refractivity contribution in [3.8, 4) is 17.1 Å². The number of hydrogen-bond acceptors (Lipinski definition) is 9. The minimum absolute atomic E-state index is 0.0617. The SMILES string of the molecule is COc1ccccc1-n1c(=S)sc2c(=O)n(-c3ccccc3)c(SCC(=O)c3cc4ccccc4oc3=O)nc21. The van der Waals surface area contributed by atoms with Gasteiger partial charge in [-0.3, -0.25) is 18.7 Å². The van der Waals surface area contributed by atoms with E-state index >= 15 is 0 Å². The molecule has 0 amide bonds. The van der Waals surface area contributed by atoms with Crippen molar-refractivity contribution in [1.82, 2.24) is 14.1 Å². The van der Waals surface area contributed by atoms with Gasteiger partial charge in [-0.1, -0.05) is 71.6 Å². The van der Waals surface area contributed by atoms with Crippen molar-refractivity contribution in [2.24, 2.45) is 0 Å². The Hall–Kier alpha value is -4.32. The fraction of sp³-hybridized carbons (Fsp3) is 0.0690. The second kappa shape index (κ2) is 10.7. The average molecular weight is 586 g/mol. The summed E-state index contributed by atoms with van der Waals surface area (Å²) >= 11 is 7.88. The molecule has 6 aromatic rings. The highest BCUT2D eigenvalue weighted by Gasteiger charge is 2.22. The molecule has 0 bridgehead atoms. The van der Waals surface area contributed by atoms with E-state index in [0.29, 0.717) is 42.4 Å². The van der Waals surface area contributed by atoms with Crippen molar-refractivity contribution < 1.29 is 13.9 Å². The van der Waals surface area contributed by atoms with Gasteiger partial charge >= 0.3 is 5.63 Å². The highest BCUT2D eigenvalue weighted by molar-refractivity contribution is 7.99. The second-order valence-corrected chi connectivity index (χ2v) is 11.2. The fourth-order valence-electron chi connectivity index (χ4n) is 4.33. The molecule has 3 aromatic carbocycles. The molecule has 0 saturated carbocycles. The molecule has 0 radical (unpaired) electrons. The molecule has 0 N–H and O–H groups in total. The van der Waals surface area contributed by atoms with Crippen molar-refractivity contribution in [1.29, 1.82) is 0 Å². The fourth-order valence-corrected chi connectivity index (χ4v) is 6.50. The molecule has 3 heterocycles. The molecular formula is C29H19N3O5S3. The summed E-state index contributed by atoms with van der Waals surface area (Å²) < 4.78 is 14.8. The summed E-state index contributed by atoms with van der Waals surface area (Å²) in [5, 5.41) is 0.920. The molecule has 198 valence electrons. The minimum atomic E-state index is -0.712. The topological polar surface area (TPSA) is 96.3 Å². The number of benzene rings is 3. The summed E-state index contributed by atoms with van der Waals surface area (Å²) in [5.41, 5.74) is 0.901. The monoisotopic (exact) mass is 585 g/mol. The predicted octanol–water partition coefficient (Wildman–Crippen LogP) is 6.06. The maximum Gasteiger partial charge on any atom is 0.347 e. The van der Waals surface area contributed by atoms with Crippen LogP contribution >= 0.6 is 35.3 Å². The predicted molar refractivity (Wildman–Crippen MR) is 159 cm³/mol. The van der Waals surface area contributed by atoms with E-state index in [9.17, 15) is 14.4 Å².